The largest absolute Gasteiger partial charge is 0.465 e. The number of carbonyl (C=O) groups is 1. The number of ether oxygens (including phenoxy) is 1. The van der Waals surface area contributed by atoms with Gasteiger partial charge in [-0.15, -0.1) is 0 Å². The van der Waals surface area contributed by atoms with Gasteiger partial charge < -0.3 is 10.1 Å². The number of nitrogens with one attached hydrogen (secondary N) is 1. The van der Waals surface area contributed by atoms with Gasteiger partial charge in [0.2, 0.25) is 0 Å². The summed E-state index contributed by atoms with van der Waals surface area (Å²) in [5, 5.41) is 2.80. The van der Waals surface area contributed by atoms with Crippen LogP contribution in [0.5, 0.6) is 0 Å². The van der Waals surface area contributed by atoms with Crippen LogP contribution in [0.25, 0.3) is 0 Å². The summed E-state index contributed by atoms with van der Waals surface area (Å²) in [5.41, 5.74) is 0. The molecule has 0 aromatic heterocycles. The van der Waals surface area contributed by atoms with E-state index in [0.29, 0.717) is 13.2 Å². The van der Waals surface area contributed by atoms with Gasteiger partial charge in [0, 0.05) is 29.6 Å². The first-order valence-electron chi connectivity index (χ1n) is 10.6. The monoisotopic (exact) mass is 364 g/mol. The SMILES string of the molecule is CCCCCCCCCCCCCCCCCCOC(=O)CNC.[Na]. The first-order valence-corrected chi connectivity index (χ1v) is 10.6. The number of hydrogen-bond acceptors (Lipinski definition) is 3. The maximum absolute atomic E-state index is 11.1. The molecule has 1 N–H and O–H groups in total. The predicted octanol–water partition coefficient (Wildman–Crippen LogP) is 5.63. The average molecular weight is 365 g/mol. The summed E-state index contributed by atoms with van der Waals surface area (Å²) in [4.78, 5) is 11.1. The molecule has 0 bridgehead atoms. The predicted molar refractivity (Wildman–Crippen MR) is 110 cm³/mol. The normalized spacial score (nSPS) is 10.5. The zero-order valence-corrected chi connectivity index (χ0v) is 19.5. The van der Waals surface area contributed by atoms with Crippen molar-refractivity contribution < 1.29 is 9.53 Å². The summed E-state index contributed by atoms with van der Waals surface area (Å²) in [6.45, 7) is 3.18. The Morgan fingerprint density at radius 3 is 1.40 bits per heavy atom. The van der Waals surface area contributed by atoms with E-state index in [-0.39, 0.29) is 35.5 Å². The van der Waals surface area contributed by atoms with Crippen LogP contribution in [0, 0.1) is 0 Å². The van der Waals surface area contributed by atoms with Gasteiger partial charge in [0.05, 0.1) is 13.2 Å². The fourth-order valence-electron chi connectivity index (χ4n) is 3.03. The van der Waals surface area contributed by atoms with Gasteiger partial charge in [-0.05, 0) is 13.5 Å². The summed E-state index contributed by atoms with van der Waals surface area (Å²) in [6.07, 6.45) is 21.8. The first-order chi connectivity index (χ1) is 11.8. The molecule has 0 aliphatic heterocycles. The van der Waals surface area contributed by atoms with Crippen molar-refractivity contribution in [3.63, 3.8) is 0 Å². The van der Waals surface area contributed by atoms with Crippen LogP contribution >= 0.6 is 0 Å². The third-order valence-electron chi connectivity index (χ3n) is 4.58. The molecule has 25 heavy (non-hydrogen) atoms. The standard InChI is InChI=1S/C21H43NO2.Na/c1-3-4-5-6-7-8-9-10-11-12-13-14-15-16-17-18-19-24-21(23)20-22-2;/h22H,3-20H2,1-2H3;. The number of esters is 1. The molecule has 0 amide bonds. The third-order valence-corrected chi connectivity index (χ3v) is 4.58. The molecule has 0 spiro atoms. The van der Waals surface area contributed by atoms with E-state index >= 15 is 0 Å². The number of likely N-dealkylation sites (N-methyl/N-ethyl adjacent to an activating group) is 1. The van der Waals surface area contributed by atoms with Crippen LogP contribution in [0.4, 0.5) is 0 Å². The molecule has 0 atom stereocenters. The van der Waals surface area contributed by atoms with Gasteiger partial charge in [0.1, 0.15) is 0 Å². The Balaban J connectivity index is 0. The quantitative estimate of drug-likeness (QED) is 0.183. The molecule has 0 fully saturated rings. The summed E-state index contributed by atoms with van der Waals surface area (Å²) < 4.78 is 5.10. The number of rotatable bonds is 19. The van der Waals surface area contributed by atoms with Crippen LogP contribution in [0.2, 0.25) is 0 Å². The van der Waals surface area contributed by atoms with E-state index in [0.717, 1.165) is 6.42 Å². The molecule has 0 saturated heterocycles. The zero-order chi connectivity index (χ0) is 17.7. The minimum atomic E-state index is -0.140. The van der Waals surface area contributed by atoms with Crippen molar-refractivity contribution in [2.75, 3.05) is 20.2 Å². The Morgan fingerprint density at radius 1 is 0.680 bits per heavy atom. The first kappa shape index (κ1) is 27.6. The molecule has 0 aliphatic rings. The Kier molecular flexibility index (Phi) is 27.0. The minimum Gasteiger partial charge on any atom is -0.465 e. The van der Waals surface area contributed by atoms with Gasteiger partial charge in [-0.3, -0.25) is 4.79 Å². The average Bonchev–Trinajstić information content (AvgIpc) is 2.58. The van der Waals surface area contributed by atoms with Crippen molar-refractivity contribution in [1.82, 2.24) is 5.32 Å². The Hall–Kier alpha value is 0.430. The van der Waals surface area contributed by atoms with Gasteiger partial charge in [-0.25, -0.2) is 0 Å². The molecule has 1 radical (unpaired) electrons. The van der Waals surface area contributed by atoms with E-state index in [1.54, 1.807) is 7.05 Å². The number of unbranched alkanes of at least 4 members (excludes halogenated alkanes) is 15. The summed E-state index contributed by atoms with van der Waals surface area (Å²) in [7, 11) is 1.76. The van der Waals surface area contributed by atoms with Crippen LogP contribution in [-0.2, 0) is 9.53 Å². The van der Waals surface area contributed by atoms with E-state index in [9.17, 15) is 4.79 Å². The van der Waals surface area contributed by atoms with Gasteiger partial charge in [0.25, 0.3) is 0 Å². The topological polar surface area (TPSA) is 38.3 Å². The van der Waals surface area contributed by atoms with Crippen LogP contribution < -0.4 is 5.32 Å². The van der Waals surface area contributed by atoms with Gasteiger partial charge in [-0.1, -0.05) is 103 Å². The van der Waals surface area contributed by atoms with Crippen LogP contribution in [0.3, 0.4) is 0 Å². The van der Waals surface area contributed by atoms with Crippen molar-refractivity contribution in [3.8, 4) is 0 Å². The van der Waals surface area contributed by atoms with Gasteiger partial charge >= 0.3 is 5.97 Å². The smallest absolute Gasteiger partial charge is 0.319 e. The second-order valence-electron chi connectivity index (χ2n) is 7.05. The minimum absolute atomic E-state index is 0. The molecular weight excluding hydrogens is 321 g/mol. The fourth-order valence-corrected chi connectivity index (χ4v) is 3.03. The second-order valence-corrected chi connectivity index (χ2v) is 7.05. The molecule has 0 aromatic carbocycles. The maximum atomic E-state index is 11.1. The molecule has 4 heteroatoms. The van der Waals surface area contributed by atoms with Crippen LogP contribution in [0.1, 0.15) is 110 Å². The molecule has 0 saturated carbocycles. The molecule has 0 heterocycles. The number of hydrogen-bond donors (Lipinski definition) is 1. The van der Waals surface area contributed by atoms with E-state index in [2.05, 4.69) is 12.2 Å². The molecule has 0 aliphatic carbocycles. The molecule has 0 unspecified atom stereocenters. The molecule has 145 valence electrons. The van der Waals surface area contributed by atoms with Gasteiger partial charge in [-0.2, -0.15) is 0 Å². The molecule has 0 rings (SSSR count). The van der Waals surface area contributed by atoms with Crippen molar-refractivity contribution >= 4 is 35.5 Å². The van der Waals surface area contributed by atoms with E-state index in [1.807, 2.05) is 0 Å². The zero-order valence-electron chi connectivity index (χ0n) is 17.5. The van der Waals surface area contributed by atoms with E-state index in [4.69, 9.17) is 4.74 Å². The van der Waals surface area contributed by atoms with Crippen LogP contribution in [0.15, 0.2) is 0 Å². The van der Waals surface area contributed by atoms with Crippen molar-refractivity contribution in [1.29, 1.82) is 0 Å². The fraction of sp³-hybridized carbons (Fsp3) is 0.952. The maximum Gasteiger partial charge on any atom is 0.319 e. The Labute approximate surface area is 179 Å². The second kappa shape index (κ2) is 24.4. The Bertz CT molecular complexity index is 262. The van der Waals surface area contributed by atoms with E-state index in [1.165, 1.54) is 96.3 Å². The van der Waals surface area contributed by atoms with Crippen LogP contribution in [-0.4, -0.2) is 55.7 Å². The van der Waals surface area contributed by atoms with Crippen molar-refractivity contribution in [2.24, 2.45) is 0 Å². The molecule has 3 nitrogen and oxygen atoms in total. The van der Waals surface area contributed by atoms with Gasteiger partial charge in [0.15, 0.2) is 0 Å². The third kappa shape index (κ3) is 24.4. The summed E-state index contributed by atoms with van der Waals surface area (Å²) in [6, 6.07) is 0. The van der Waals surface area contributed by atoms with Crippen molar-refractivity contribution in [3.05, 3.63) is 0 Å². The van der Waals surface area contributed by atoms with E-state index < -0.39 is 0 Å². The summed E-state index contributed by atoms with van der Waals surface area (Å²) >= 11 is 0. The molecular formula is C21H43NNaO2. The summed E-state index contributed by atoms with van der Waals surface area (Å²) in [5.74, 6) is -0.140. The number of carbonyl (C=O) groups excluding carboxylic acids is 1. The molecule has 0 aromatic rings. The van der Waals surface area contributed by atoms with Crippen molar-refractivity contribution in [2.45, 2.75) is 110 Å². The Morgan fingerprint density at radius 2 is 1.04 bits per heavy atom.